The van der Waals surface area contributed by atoms with E-state index in [9.17, 15) is 18.0 Å². The number of halogens is 3. The summed E-state index contributed by atoms with van der Waals surface area (Å²) < 4.78 is 43.3. The Bertz CT molecular complexity index is 488. The van der Waals surface area contributed by atoms with E-state index in [-0.39, 0.29) is 24.7 Å². The maximum absolute atomic E-state index is 12.7. The van der Waals surface area contributed by atoms with Crippen molar-refractivity contribution in [2.45, 2.75) is 38.4 Å². The second kappa shape index (κ2) is 7.03. The van der Waals surface area contributed by atoms with Crippen molar-refractivity contribution in [2.24, 2.45) is 11.8 Å². The number of nitrogens with zero attached hydrogens (tertiary/aromatic N) is 1. The molecule has 6 heteroatoms. The first-order valence-electron chi connectivity index (χ1n) is 7.40. The predicted molar refractivity (Wildman–Crippen MR) is 75.8 cm³/mol. The zero-order valence-electron chi connectivity index (χ0n) is 12.3. The third-order valence-corrected chi connectivity index (χ3v) is 4.20. The molecule has 1 aromatic rings. The van der Waals surface area contributed by atoms with Gasteiger partial charge in [0.1, 0.15) is 5.76 Å². The number of carbonyl (C=O) groups excluding carboxylic acids is 1. The van der Waals surface area contributed by atoms with Crippen molar-refractivity contribution < 1.29 is 22.4 Å². The Morgan fingerprint density at radius 3 is 2.55 bits per heavy atom. The van der Waals surface area contributed by atoms with Gasteiger partial charge in [-0.25, -0.2) is 0 Å². The monoisotopic (exact) mass is 315 g/mol. The van der Waals surface area contributed by atoms with Gasteiger partial charge >= 0.3 is 6.18 Å². The predicted octanol–water partition coefficient (Wildman–Crippen LogP) is 4.16. The Labute approximate surface area is 127 Å². The Kier molecular flexibility index (Phi) is 5.32. The number of rotatable bonds is 5. The maximum Gasteiger partial charge on any atom is 0.391 e. The van der Waals surface area contributed by atoms with Gasteiger partial charge in [-0.3, -0.25) is 4.79 Å². The van der Waals surface area contributed by atoms with Gasteiger partial charge in [0.15, 0.2) is 0 Å². The molecule has 3 nitrogen and oxygen atoms in total. The highest BCUT2D eigenvalue weighted by atomic mass is 19.4. The summed E-state index contributed by atoms with van der Waals surface area (Å²) in [4.78, 5) is 13.5. The summed E-state index contributed by atoms with van der Waals surface area (Å²) in [5, 5.41) is 0. The molecule has 1 aliphatic carbocycles. The average molecular weight is 315 g/mol. The van der Waals surface area contributed by atoms with E-state index in [1.807, 2.05) is 0 Å². The smallest absolute Gasteiger partial charge is 0.391 e. The molecule has 0 atom stereocenters. The van der Waals surface area contributed by atoms with Gasteiger partial charge in [-0.1, -0.05) is 6.58 Å². The standard InChI is InChI=1S/C16H20F3NO2/c1-2-15(21)20(11-14-4-3-9-22-14)10-12-5-7-13(8-6-12)16(17,18)19/h2-4,9,12-13H,1,5-8,10-11H2. The fourth-order valence-corrected chi connectivity index (χ4v) is 2.94. The van der Waals surface area contributed by atoms with E-state index in [1.165, 1.54) is 12.3 Å². The largest absolute Gasteiger partial charge is 0.467 e. The van der Waals surface area contributed by atoms with Crippen molar-refractivity contribution in [3.8, 4) is 0 Å². The molecule has 1 fully saturated rings. The van der Waals surface area contributed by atoms with Gasteiger partial charge in [-0.05, 0) is 49.8 Å². The number of alkyl halides is 3. The van der Waals surface area contributed by atoms with Crippen LogP contribution in [0.2, 0.25) is 0 Å². The van der Waals surface area contributed by atoms with E-state index in [2.05, 4.69) is 6.58 Å². The summed E-state index contributed by atoms with van der Waals surface area (Å²) in [6.07, 6.45) is -0.0803. The minimum absolute atomic E-state index is 0.0949. The van der Waals surface area contributed by atoms with Crippen LogP contribution in [-0.2, 0) is 11.3 Å². The Morgan fingerprint density at radius 2 is 2.05 bits per heavy atom. The molecule has 0 radical (unpaired) electrons. The van der Waals surface area contributed by atoms with Crippen molar-refractivity contribution in [2.75, 3.05) is 6.54 Å². The SMILES string of the molecule is C=CC(=O)N(Cc1ccco1)CC1CCC(C(F)(F)F)CC1. The summed E-state index contributed by atoms with van der Waals surface area (Å²) in [7, 11) is 0. The lowest BCUT2D eigenvalue weighted by Gasteiger charge is -2.33. The molecule has 1 aromatic heterocycles. The molecule has 1 heterocycles. The first-order valence-corrected chi connectivity index (χ1v) is 7.40. The molecular formula is C16H20F3NO2. The molecule has 0 spiro atoms. The van der Waals surface area contributed by atoms with Crippen molar-refractivity contribution in [1.82, 2.24) is 4.90 Å². The highest BCUT2D eigenvalue weighted by Gasteiger charge is 2.41. The van der Waals surface area contributed by atoms with Crippen molar-refractivity contribution in [1.29, 1.82) is 0 Å². The van der Waals surface area contributed by atoms with Crippen LogP contribution < -0.4 is 0 Å². The summed E-state index contributed by atoms with van der Waals surface area (Å²) in [5.74, 6) is -0.677. The topological polar surface area (TPSA) is 33.5 Å². The zero-order chi connectivity index (χ0) is 16.2. The molecule has 0 aromatic carbocycles. The third kappa shape index (κ3) is 4.39. The fraction of sp³-hybridized carbons (Fsp3) is 0.562. The molecule has 122 valence electrons. The van der Waals surface area contributed by atoms with E-state index in [4.69, 9.17) is 4.42 Å². The van der Waals surface area contributed by atoms with Gasteiger partial charge in [0.2, 0.25) is 5.91 Å². The summed E-state index contributed by atoms with van der Waals surface area (Å²) in [6, 6.07) is 3.50. The van der Waals surface area contributed by atoms with Crippen LogP contribution in [0.4, 0.5) is 13.2 Å². The zero-order valence-corrected chi connectivity index (χ0v) is 12.3. The Balaban J connectivity index is 1.91. The Hall–Kier alpha value is -1.72. The van der Waals surface area contributed by atoms with Gasteiger partial charge in [0, 0.05) is 6.54 Å². The van der Waals surface area contributed by atoms with Crippen LogP contribution in [0.1, 0.15) is 31.4 Å². The summed E-state index contributed by atoms with van der Waals surface area (Å²) >= 11 is 0. The first kappa shape index (κ1) is 16.6. The maximum atomic E-state index is 12.7. The van der Waals surface area contributed by atoms with Crippen LogP contribution in [0.5, 0.6) is 0 Å². The van der Waals surface area contributed by atoms with Gasteiger partial charge < -0.3 is 9.32 Å². The lowest BCUT2D eigenvalue weighted by atomic mass is 9.81. The molecule has 1 saturated carbocycles. The van der Waals surface area contributed by atoms with E-state index < -0.39 is 12.1 Å². The molecule has 1 amide bonds. The van der Waals surface area contributed by atoms with Gasteiger partial charge in [-0.2, -0.15) is 13.2 Å². The second-order valence-electron chi connectivity index (χ2n) is 5.76. The van der Waals surface area contributed by atoms with Crippen molar-refractivity contribution in [3.63, 3.8) is 0 Å². The van der Waals surface area contributed by atoms with Gasteiger partial charge in [0.25, 0.3) is 0 Å². The number of carbonyl (C=O) groups is 1. The number of hydrogen-bond donors (Lipinski definition) is 0. The molecular weight excluding hydrogens is 295 g/mol. The lowest BCUT2D eigenvalue weighted by Crippen LogP contribution is -2.36. The van der Waals surface area contributed by atoms with Crippen LogP contribution in [0.25, 0.3) is 0 Å². The van der Waals surface area contributed by atoms with E-state index >= 15 is 0 Å². The highest BCUT2D eigenvalue weighted by molar-refractivity contribution is 5.86. The number of amides is 1. The molecule has 0 N–H and O–H groups in total. The molecule has 22 heavy (non-hydrogen) atoms. The normalized spacial score (nSPS) is 22.3. The fourth-order valence-electron chi connectivity index (χ4n) is 2.94. The van der Waals surface area contributed by atoms with Crippen LogP contribution in [0, 0.1) is 11.8 Å². The van der Waals surface area contributed by atoms with Gasteiger partial charge in [0.05, 0.1) is 18.7 Å². The molecule has 0 saturated heterocycles. The van der Waals surface area contributed by atoms with Crippen molar-refractivity contribution >= 4 is 5.91 Å². The molecule has 1 aliphatic rings. The number of furan rings is 1. The van der Waals surface area contributed by atoms with Crippen molar-refractivity contribution in [3.05, 3.63) is 36.8 Å². The Morgan fingerprint density at radius 1 is 1.36 bits per heavy atom. The van der Waals surface area contributed by atoms with Crippen LogP contribution in [0.15, 0.2) is 35.5 Å². The minimum atomic E-state index is -4.10. The van der Waals surface area contributed by atoms with Gasteiger partial charge in [-0.15, -0.1) is 0 Å². The number of hydrogen-bond acceptors (Lipinski definition) is 2. The van der Waals surface area contributed by atoms with E-state index in [1.54, 1.807) is 17.0 Å². The van der Waals surface area contributed by atoms with Crippen LogP contribution in [-0.4, -0.2) is 23.5 Å². The van der Waals surface area contributed by atoms with E-state index in [0.717, 1.165) is 0 Å². The second-order valence-corrected chi connectivity index (χ2v) is 5.76. The molecule has 0 unspecified atom stereocenters. The lowest BCUT2D eigenvalue weighted by molar-refractivity contribution is -0.184. The highest BCUT2D eigenvalue weighted by Crippen LogP contribution is 2.39. The molecule has 0 aliphatic heterocycles. The molecule has 2 rings (SSSR count). The van der Waals surface area contributed by atoms with E-state index in [0.29, 0.717) is 31.7 Å². The van der Waals surface area contributed by atoms with Crippen LogP contribution in [0.3, 0.4) is 0 Å². The van der Waals surface area contributed by atoms with Crippen LogP contribution >= 0.6 is 0 Å². The average Bonchev–Trinajstić information content (AvgIpc) is 2.98. The quantitative estimate of drug-likeness (QED) is 0.764. The third-order valence-electron chi connectivity index (χ3n) is 4.20. The minimum Gasteiger partial charge on any atom is -0.467 e. The summed E-state index contributed by atoms with van der Waals surface area (Å²) in [5.41, 5.74) is 0. The molecule has 0 bridgehead atoms. The first-order chi connectivity index (χ1) is 10.4. The summed E-state index contributed by atoms with van der Waals surface area (Å²) in [6.45, 7) is 4.23.